The molecule has 2 aromatic rings. The average Bonchev–Trinajstić information content (AvgIpc) is 3.37. The van der Waals surface area contributed by atoms with Crippen molar-refractivity contribution < 1.29 is 18.7 Å². The van der Waals surface area contributed by atoms with E-state index in [0.29, 0.717) is 39.3 Å². The molecule has 0 bridgehead atoms. The van der Waals surface area contributed by atoms with Crippen LogP contribution in [0.3, 0.4) is 0 Å². The zero-order chi connectivity index (χ0) is 20.8. The minimum atomic E-state index is -4.08. The molecular formula is C20H22ClN4O4P. The van der Waals surface area contributed by atoms with Gasteiger partial charge in [0.05, 0.1) is 13.1 Å². The van der Waals surface area contributed by atoms with Crippen LogP contribution in [0, 0.1) is 0 Å². The molecule has 8 nitrogen and oxygen atoms in total. The second kappa shape index (κ2) is 9.51. The molecule has 30 heavy (non-hydrogen) atoms. The first-order valence-corrected chi connectivity index (χ1v) is 12.1. The van der Waals surface area contributed by atoms with E-state index in [2.05, 4.69) is 9.98 Å². The zero-order valence-corrected chi connectivity index (χ0v) is 17.9. The first-order chi connectivity index (χ1) is 14.6. The van der Waals surface area contributed by atoms with Gasteiger partial charge in [-0.15, -0.1) is 0 Å². The van der Waals surface area contributed by atoms with Gasteiger partial charge in [-0.2, -0.15) is 0 Å². The highest BCUT2D eigenvalue weighted by Gasteiger charge is 2.33. The maximum absolute atomic E-state index is 12.6. The first kappa shape index (κ1) is 20.7. The minimum Gasteiger partial charge on any atom is -0.378 e. The molecule has 2 heterocycles. The third-order valence-corrected chi connectivity index (χ3v) is 5.61. The SMILES string of the molecule is O=[P@@](Cl)(OOC1=NCCN1Cc1ccccc1)OC1=NCCN1Cc1ccccc1. The summed E-state index contributed by atoms with van der Waals surface area (Å²) < 4.78 is 22.9. The van der Waals surface area contributed by atoms with Crippen molar-refractivity contribution in [3.05, 3.63) is 71.8 Å². The van der Waals surface area contributed by atoms with Crippen molar-refractivity contribution in [2.24, 2.45) is 9.98 Å². The van der Waals surface area contributed by atoms with Crippen molar-refractivity contribution in [3.63, 3.8) is 0 Å². The van der Waals surface area contributed by atoms with Gasteiger partial charge >= 0.3 is 13.0 Å². The van der Waals surface area contributed by atoms with Crippen LogP contribution in [-0.4, -0.2) is 48.0 Å². The number of benzene rings is 2. The maximum Gasteiger partial charge on any atom is 0.514 e. The van der Waals surface area contributed by atoms with Gasteiger partial charge in [0.1, 0.15) is 0 Å². The van der Waals surface area contributed by atoms with Crippen molar-refractivity contribution in [1.29, 1.82) is 0 Å². The van der Waals surface area contributed by atoms with Crippen LogP contribution in [-0.2, 0) is 31.7 Å². The Labute approximate surface area is 180 Å². The molecule has 10 heteroatoms. The van der Waals surface area contributed by atoms with Crippen LogP contribution in [0.25, 0.3) is 0 Å². The van der Waals surface area contributed by atoms with Gasteiger partial charge in [0.15, 0.2) is 0 Å². The van der Waals surface area contributed by atoms with Crippen molar-refractivity contribution in [2.45, 2.75) is 13.1 Å². The highest BCUT2D eigenvalue weighted by atomic mass is 35.7. The van der Waals surface area contributed by atoms with Crippen LogP contribution in [0.5, 0.6) is 0 Å². The summed E-state index contributed by atoms with van der Waals surface area (Å²) in [5.41, 5.74) is 2.17. The molecule has 0 saturated heterocycles. The number of halogens is 1. The Kier molecular flexibility index (Phi) is 6.57. The van der Waals surface area contributed by atoms with Crippen LogP contribution < -0.4 is 0 Å². The van der Waals surface area contributed by atoms with E-state index in [0.717, 1.165) is 11.1 Å². The third kappa shape index (κ3) is 5.53. The Bertz CT molecular complexity index is 958. The highest BCUT2D eigenvalue weighted by molar-refractivity contribution is 7.81. The van der Waals surface area contributed by atoms with E-state index < -0.39 is 6.95 Å². The Morgan fingerprint density at radius 3 is 1.90 bits per heavy atom. The molecule has 0 amide bonds. The summed E-state index contributed by atoms with van der Waals surface area (Å²) in [5.74, 6) is 0. The van der Waals surface area contributed by atoms with Crippen molar-refractivity contribution >= 4 is 30.2 Å². The Hall–Kier alpha value is -2.54. The smallest absolute Gasteiger partial charge is 0.378 e. The van der Waals surface area contributed by atoms with E-state index >= 15 is 0 Å². The molecule has 0 unspecified atom stereocenters. The van der Waals surface area contributed by atoms with Gasteiger partial charge < -0.3 is 14.3 Å². The quantitative estimate of drug-likeness (QED) is 0.361. The lowest BCUT2D eigenvalue weighted by atomic mass is 10.2. The topological polar surface area (TPSA) is 76.0 Å². The van der Waals surface area contributed by atoms with Crippen LogP contribution in [0.2, 0.25) is 0 Å². The van der Waals surface area contributed by atoms with Gasteiger partial charge in [-0.05, 0) is 11.1 Å². The monoisotopic (exact) mass is 448 g/mol. The number of rotatable bonds is 7. The molecule has 158 valence electrons. The summed E-state index contributed by atoms with van der Waals surface area (Å²) in [5, 5.41) is 0. The fraction of sp³-hybridized carbons (Fsp3) is 0.300. The third-order valence-electron chi connectivity index (χ3n) is 4.60. The number of hydrogen-bond acceptors (Lipinski definition) is 8. The number of hydrogen-bond donors (Lipinski definition) is 0. The summed E-state index contributed by atoms with van der Waals surface area (Å²) in [4.78, 5) is 17.4. The van der Waals surface area contributed by atoms with Gasteiger partial charge in [-0.1, -0.05) is 65.3 Å². The summed E-state index contributed by atoms with van der Waals surface area (Å²) in [6, 6.07) is 20.1. The molecule has 0 aromatic heterocycles. The molecule has 1 atom stereocenters. The van der Waals surface area contributed by atoms with Gasteiger partial charge in [0.2, 0.25) is 0 Å². The second-order valence-corrected chi connectivity index (χ2v) is 9.26. The Morgan fingerprint density at radius 1 is 0.833 bits per heavy atom. The molecule has 4 rings (SSSR count). The van der Waals surface area contributed by atoms with Crippen molar-refractivity contribution in [2.75, 3.05) is 26.2 Å². The van der Waals surface area contributed by atoms with Crippen LogP contribution in [0.4, 0.5) is 0 Å². The number of aliphatic imine (C=N–C) groups is 2. The summed E-state index contributed by atoms with van der Waals surface area (Å²) in [6.07, 6.45) is 0. The molecule has 0 aliphatic carbocycles. The lowest BCUT2D eigenvalue weighted by molar-refractivity contribution is -0.132. The lowest BCUT2D eigenvalue weighted by Crippen LogP contribution is -2.30. The second-order valence-electron chi connectivity index (χ2n) is 6.82. The molecular weight excluding hydrogens is 427 g/mol. The van der Waals surface area contributed by atoms with Crippen LogP contribution in [0.15, 0.2) is 70.6 Å². The predicted molar refractivity (Wildman–Crippen MR) is 115 cm³/mol. The molecule has 2 aromatic carbocycles. The molecule has 0 N–H and O–H groups in total. The molecule has 2 aliphatic rings. The highest BCUT2D eigenvalue weighted by Crippen LogP contribution is 2.54. The Morgan fingerprint density at radius 2 is 1.33 bits per heavy atom. The summed E-state index contributed by atoms with van der Waals surface area (Å²) in [7, 11) is 0. The standard InChI is InChI=1S/C20H22ClN4O4P/c21-30(26,28-20-23-12-14-25(20)16-18-9-5-2-6-10-18)29-27-19-22-11-13-24(19)15-17-7-3-1-4-8-17/h1-10H,11-16H2/t30-/m1/s1. The molecule has 2 aliphatic heterocycles. The fourth-order valence-electron chi connectivity index (χ4n) is 3.18. The Balaban J connectivity index is 1.31. The van der Waals surface area contributed by atoms with E-state index in [1.165, 1.54) is 0 Å². The van der Waals surface area contributed by atoms with E-state index in [4.69, 9.17) is 25.3 Å². The van der Waals surface area contributed by atoms with E-state index in [-0.39, 0.29) is 12.0 Å². The summed E-state index contributed by atoms with van der Waals surface area (Å²) >= 11 is 5.98. The van der Waals surface area contributed by atoms with Gasteiger partial charge in [0.25, 0.3) is 6.02 Å². The van der Waals surface area contributed by atoms with E-state index in [9.17, 15) is 4.57 Å². The first-order valence-electron chi connectivity index (χ1n) is 9.61. The predicted octanol–water partition coefficient (Wildman–Crippen LogP) is 4.04. The maximum atomic E-state index is 12.6. The lowest BCUT2D eigenvalue weighted by Gasteiger charge is -2.22. The minimum absolute atomic E-state index is 0.176. The molecule has 0 spiro atoms. The van der Waals surface area contributed by atoms with Crippen molar-refractivity contribution in [1.82, 2.24) is 9.80 Å². The molecule has 0 fully saturated rings. The van der Waals surface area contributed by atoms with Gasteiger partial charge in [-0.3, -0.25) is 4.89 Å². The molecule has 0 saturated carbocycles. The van der Waals surface area contributed by atoms with Gasteiger partial charge in [-0.25, -0.2) is 14.5 Å². The van der Waals surface area contributed by atoms with E-state index in [1.54, 1.807) is 0 Å². The fourth-order valence-corrected chi connectivity index (χ4v) is 4.01. The van der Waals surface area contributed by atoms with Crippen LogP contribution in [0.1, 0.15) is 11.1 Å². The van der Waals surface area contributed by atoms with E-state index in [1.807, 2.05) is 70.5 Å². The number of amidine groups is 2. The normalized spacial score (nSPS) is 18.0. The zero-order valence-electron chi connectivity index (χ0n) is 16.3. The number of nitrogens with zero attached hydrogens (tertiary/aromatic N) is 4. The average molecular weight is 449 g/mol. The molecule has 0 radical (unpaired) electrons. The van der Waals surface area contributed by atoms with Crippen LogP contribution >= 0.6 is 18.2 Å². The summed E-state index contributed by atoms with van der Waals surface area (Å²) in [6.45, 7) is -0.538. The largest absolute Gasteiger partial charge is 0.514 e. The van der Waals surface area contributed by atoms with Crippen molar-refractivity contribution in [3.8, 4) is 0 Å². The van der Waals surface area contributed by atoms with Gasteiger partial charge in [0, 0.05) is 37.4 Å².